The fraction of sp³-hybridized carbons (Fsp3) is 0.176. The summed E-state index contributed by atoms with van der Waals surface area (Å²) in [4.78, 5) is 22.6. The minimum atomic E-state index is -1.18. The number of methoxy groups -OCH3 is 1. The van der Waals surface area contributed by atoms with Crippen molar-refractivity contribution in [3.05, 3.63) is 59.9 Å². The summed E-state index contributed by atoms with van der Waals surface area (Å²) in [5, 5.41) is 11.5. The first-order valence-electron chi connectivity index (χ1n) is 6.92. The third-order valence-electron chi connectivity index (χ3n) is 3.35. The van der Waals surface area contributed by atoms with Crippen molar-refractivity contribution in [1.29, 1.82) is 0 Å². The number of carbonyl (C=O) groups is 2. The lowest BCUT2D eigenvalue weighted by atomic mass is 9.95. The van der Waals surface area contributed by atoms with Crippen LogP contribution in [0.3, 0.4) is 0 Å². The Hall–Kier alpha value is -2.89. The summed E-state index contributed by atoms with van der Waals surface area (Å²) in [6.45, 7) is 0. The van der Waals surface area contributed by atoms with Crippen LogP contribution in [0, 0.1) is 5.82 Å². The number of rotatable bonds is 5. The molecule has 2 rings (SSSR count). The van der Waals surface area contributed by atoms with E-state index in [1.165, 1.54) is 12.1 Å². The number of ether oxygens (including phenoxy) is 1. The zero-order chi connectivity index (χ0) is 16.8. The summed E-state index contributed by atoms with van der Waals surface area (Å²) < 4.78 is 17.9. The number of amides is 1. The van der Waals surface area contributed by atoms with E-state index in [0.717, 1.165) is 7.11 Å². The van der Waals surface area contributed by atoms with Gasteiger partial charge in [0.1, 0.15) is 11.9 Å². The van der Waals surface area contributed by atoms with Gasteiger partial charge < -0.3 is 15.2 Å². The van der Waals surface area contributed by atoms with Gasteiger partial charge in [0.15, 0.2) is 0 Å². The standard InChI is InChI=1S/C17H16FNO4/c1-23-17(22)19-15(16(20)21)10-12-5-2-3-8-14(12)11-6-4-7-13(18)9-11/h2-9,15H,10H2,1H3,(H,19,22)(H,20,21)/t15-/m0/s1. The Labute approximate surface area is 132 Å². The summed E-state index contributed by atoms with van der Waals surface area (Å²) in [6, 6.07) is 12.0. The summed E-state index contributed by atoms with van der Waals surface area (Å²) >= 11 is 0. The van der Waals surface area contributed by atoms with Crippen molar-refractivity contribution >= 4 is 12.1 Å². The quantitative estimate of drug-likeness (QED) is 0.889. The van der Waals surface area contributed by atoms with E-state index in [2.05, 4.69) is 10.1 Å². The molecule has 0 saturated heterocycles. The van der Waals surface area contributed by atoms with Gasteiger partial charge in [-0.15, -0.1) is 0 Å². The Morgan fingerprint density at radius 2 is 1.96 bits per heavy atom. The number of carbonyl (C=O) groups excluding carboxylic acids is 1. The molecule has 1 atom stereocenters. The van der Waals surface area contributed by atoms with Gasteiger partial charge in [-0.2, -0.15) is 0 Å². The molecule has 0 saturated carbocycles. The molecular weight excluding hydrogens is 301 g/mol. The number of hydrogen-bond donors (Lipinski definition) is 2. The molecule has 6 heteroatoms. The van der Waals surface area contributed by atoms with Gasteiger partial charge in [0, 0.05) is 6.42 Å². The molecule has 2 N–H and O–H groups in total. The van der Waals surface area contributed by atoms with Crippen LogP contribution in [-0.2, 0) is 16.0 Å². The molecular formula is C17H16FNO4. The molecule has 1 amide bonds. The zero-order valence-electron chi connectivity index (χ0n) is 12.5. The molecule has 0 unspecified atom stereocenters. The van der Waals surface area contributed by atoms with Crippen molar-refractivity contribution in [2.75, 3.05) is 7.11 Å². The van der Waals surface area contributed by atoms with Crippen LogP contribution in [-0.4, -0.2) is 30.3 Å². The molecule has 0 aliphatic rings. The molecule has 0 spiro atoms. The molecule has 23 heavy (non-hydrogen) atoms. The van der Waals surface area contributed by atoms with Gasteiger partial charge >= 0.3 is 12.1 Å². The summed E-state index contributed by atoms with van der Waals surface area (Å²) in [7, 11) is 1.16. The van der Waals surface area contributed by atoms with Crippen LogP contribution in [0.4, 0.5) is 9.18 Å². The van der Waals surface area contributed by atoms with Crippen molar-refractivity contribution in [2.45, 2.75) is 12.5 Å². The first-order chi connectivity index (χ1) is 11.0. The highest BCUT2D eigenvalue weighted by Crippen LogP contribution is 2.25. The van der Waals surface area contributed by atoms with Crippen LogP contribution in [0.2, 0.25) is 0 Å². The van der Waals surface area contributed by atoms with E-state index >= 15 is 0 Å². The minimum absolute atomic E-state index is 0.0527. The van der Waals surface area contributed by atoms with Crippen molar-refractivity contribution < 1.29 is 23.8 Å². The Morgan fingerprint density at radius 3 is 2.61 bits per heavy atom. The van der Waals surface area contributed by atoms with E-state index in [9.17, 15) is 19.1 Å². The highest BCUT2D eigenvalue weighted by atomic mass is 19.1. The lowest BCUT2D eigenvalue weighted by molar-refractivity contribution is -0.139. The van der Waals surface area contributed by atoms with Gasteiger partial charge in [0.05, 0.1) is 7.11 Å². The average Bonchev–Trinajstić information content (AvgIpc) is 2.54. The molecule has 2 aromatic rings. The molecule has 0 fully saturated rings. The Balaban J connectivity index is 2.32. The SMILES string of the molecule is COC(=O)N[C@@H](Cc1ccccc1-c1cccc(F)c1)C(=O)O. The average molecular weight is 317 g/mol. The van der Waals surface area contributed by atoms with Crippen molar-refractivity contribution in [3.8, 4) is 11.1 Å². The van der Waals surface area contributed by atoms with Gasteiger partial charge in [-0.05, 0) is 28.8 Å². The van der Waals surface area contributed by atoms with Gasteiger partial charge in [0.25, 0.3) is 0 Å². The second-order valence-corrected chi connectivity index (χ2v) is 4.90. The minimum Gasteiger partial charge on any atom is -0.480 e. The lowest BCUT2D eigenvalue weighted by Crippen LogP contribution is -2.42. The fourth-order valence-corrected chi connectivity index (χ4v) is 2.26. The van der Waals surface area contributed by atoms with E-state index < -0.39 is 18.1 Å². The number of alkyl carbamates (subject to hydrolysis) is 1. The van der Waals surface area contributed by atoms with Gasteiger partial charge in [-0.25, -0.2) is 14.0 Å². The van der Waals surface area contributed by atoms with E-state index in [1.54, 1.807) is 36.4 Å². The van der Waals surface area contributed by atoms with Crippen LogP contribution in [0.15, 0.2) is 48.5 Å². The smallest absolute Gasteiger partial charge is 0.407 e. The lowest BCUT2D eigenvalue weighted by Gasteiger charge is -2.16. The largest absolute Gasteiger partial charge is 0.480 e. The maximum Gasteiger partial charge on any atom is 0.407 e. The topological polar surface area (TPSA) is 75.6 Å². The third-order valence-corrected chi connectivity index (χ3v) is 3.35. The summed E-state index contributed by atoms with van der Waals surface area (Å²) in [6.07, 6.45) is -0.766. The number of nitrogens with one attached hydrogen (secondary N) is 1. The third kappa shape index (κ3) is 4.29. The molecule has 2 aromatic carbocycles. The molecule has 0 bridgehead atoms. The molecule has 120 valence electrons. The van der Waals surface area contributed by atoms with E-state index in [4.69, 9.17) is 0 Å². The molecule has 0 aliphatic carbocycles. The summed E-state index contributed by atoms with van der Waals surface area (Å²) in [5.74, 6) is -1.55. The van der Waals surface area contributed by atoms with Crippen molar-refractivity contribution in [2.24, 2.45) is 0 Å². The van der Waals surface area contributed by atoms with Crippen molar-refractivity contribution in [3.63, 3.8) is 0 Å². The second kappa shape index (κ2) is 7.40. The monoisotopic (exact) mass is 317 g/mol. The van der Waals surface area contributed by atoms with Gasteiger partial charge in [-0.1, -0.05) is 36.4 Å². The number of carboxylic acid groups (broad SMARTS) is 1. The van der Waals surface area contributed by atoms with Gasteiger partial charge in [0.2, 0.25) is 0 Å². The zero-order valence-corrected chi connectivity index (χ0v) is 12.5. The summed E-state index contributed by atoms with van der Waals surface area (Å²) in [5.41, 5.74) is 2.04. The number of aliphatic carboxylic acids is 1. The molecule has 0 heterocycles. The normalized spacial score (nSPS) is 11.6. The van der Waals surface area contributed by atoms with E-state index in [1.807, 2.05) is 0 Å². The highest BCUT2D eigenvalue weighted by molar-refractivity contribution is 5.81. The Kier molecular flexibility index (Phi) is 5.30. The number of carboxylic acids is 1. The fourth-order valence-electron chi connectivity index (χ4n) is 2.26. The van der Waals surface area contributed by atoms with Crippen LogP contribution in [0.5, 0.6) is 0 Å². The predicted octanol–water partition coefficient (Wildman–Crippen LogP) is 2.84. The Bertz CT molecular complexity index is 717. The molecule has 0 aromatic heterocycles. The first kappa shape index (κ1) is 16.5. The predicted molar refractivity (Wildman–Crippen MR) is 82.5 cm³/mol. The van der Waals surface area contributed by atoms with E-state index in [-0.39, 0.29) is 12.2 Å². The first-order valence-corrected chi connectivity index (χ1v) is 6.92. The van der Waals surface area contributed by atoms with Crippen LogP contribution >= 0.6 is 0 Å². The number of benzene rings is 2. The Morgan fingerprint density at radius 1 is 1.22 bits per heavy atom. The maximum absolute atomic E-state index is 13.4. The van der Waals surface area contributed by atoms with Crippen LogP contribution in [0.1, 0.15) is 5.56 Å². The maximum atomic E-state index is 13.4. The molecule has 0 aliphatic heterocycles. The number of hydrogen-bond acceptors (Lipinski definition) is 3. The van der Waals surface area contributed by atoms with Crippen molar-refractivity contribution in [1.82, 2.24) is 5.32 Å². The highest BCUT2D eigenvalue weighted by Gasteiger charge is 2.22. The second-order valence-electron chi connectivity index (χ2n) is 4.90. The molecule has 0 radical (unpaired) electrons. The molecule has 5 nitrogen and oxygen atoms in total. The van der Waals surface area contributed by atoms with Gasteiger partial charge in [-0.3, -0.25) is 0 Å². The number of halogens is 1. The van der Waals surface area contributed by atoms with Crippen LogP contribution in [0.25, 0.3) is 11.1 Å². The van der Waals surface area contributed by atoms with Crippen LogP contribution < -0.4 is 5.32 Å². The van der Waals surface area contributed by atoms with E-state index in [0.29, 0.717) is 16.7 Å².